The molecule has 0 aromatic heterocycles. The second-order valence-corrected chi connectivity index (χ2v) is 10.2. The minimum Gasteiger partial charge on any atom is -0.453 e. The number of hydrogen-bond donors (Lipinski definition) is 1. The minimum atomic E-state index is -1.59. The second kappa shape index (κ2) is 18.5. The molecule has 3 rings (SSSR count). The third-order valence-corrected chi connectivity index (χ3v) is 6.82. The molecule has 0 aliphatic carbocycles. The van der Waals surface area contributed by atoms with Crippen molar-refractivity contribution in [1.29, 1.82) is 0 Å². The summed E-state index contributed by atoms with van der Waals surface area (Å²) in [4.78, 5) is 65.9. The molecule has 1 aliphatic rings. The number of amides is 2. The Morgan fingerprint density at radius 1 is 0.932 bits per heavy atom. The lowest BCUT2D eigenvalue weighted by Crippen LogP contribution is -2.49. The number of ketones is 2. The molecule has 2 amide bonds. The van der Waals surface area contributed by atoms with Gasteiger partial charge in [0, 0.05) is 20.0 Å². The number of carbonyl (C=O) groups is 5. The average Bonchev–Trinajstić information content (AvgIpc) is 3.38. The van der Waals surface area contributed by atoms with Crippen molar-refractivity contribution in [2.45, 2.75) is 44.8 Å². The van der Waals surface area contributed by atoms with Gasteiger partial charge in [-0.1, -0.05) is 60.7 Å². The molecule has 44 heavy (non-hydrogen) atoms. The zero-order chi connectivity index (χ0) is 31.7. The average molecular weight is 610 g/mol. The number of carbonyl (C=O) groups excluding carboxylic acids is 5. The highest BCUT2D eigenvalue weighted by Gasteiger charge is 2.45. The highest BCUT2D eigenvalue weighted by Crippen LogP contribution is 2.26. The standard InChI is InChI=1S/C33H39NO10/c1-24(36)44-31(30(38)15-14-28(37)13-8-17-41-19-20-42-18-16-35)29(22-26-11-6-3-7-12-26)32(39)34-27(23-43-33(34)40)21-25-9-4-2-5-10-25/h2-7,9-12,14-15,27,29,31,35H,8,13,16-23H2,1H3/t27-,29+,31-/m0/s1. The summed E-state index contributed by atoms with van der Waals surface area (Å²) in [5, 5.41) is 8.68. The second-order valence-electron chi connectivity index (χ2n) is 10.2. The van der Waals surface area contributed by atoms with Crippen molar-refractivity contribution in [2.75, 3.05) is 39.6 Å². The number of rotatable bonds is 19. The fraction of sp³-hybridized carbons (Fsp3) is 0.424. The van der Waals surface area contributed by atoms with E-state index >= 15 is 0 Å². The summed E-state index contributed by atoms with van der Waals surface area (Å²) in [7, 11) is 0. The van der Waals surface area contributed by atoms with Crippen molar-refractivity contribution in [2.24, 2.45) is 5.92 Å². The van der Waals surface area contributed by atoms with Crippen molar-refractivity contribution in [3.8, 4) is 0 Å². The van der Waals surface area contributed by atoms with Gasteiger partial charge in [0.25, 0.3) is 0 Å². The maximum atomic E-state index is 14.1. The van der Waals surface area contributed by atoms with Crippen LogP contribution in [-0.2, 0) is 51.0 Å². The molecule has 2 aromatic rings. The van der Waals surface area contributed by atoms with E-state index in [1.54, 1.807) is 30.3 Å². The number of hydrogen-bond acceptors (Lipinski definition) is 10. The van der Waals surface area contributed by atoms with Gasteiger partial charge in [-0.05, 0) is 42.5 Å². The molecule has 0 radical (unpaired) electrons. The highest BCUT2D eigenvalue weighted by atomic mass is 16.6. The van der Waals surface area contributed by atoms with E-state index in [2.05, 4.69) is 0 Å². The summed E-state index contributed by atoms with van der Waals surface area (Å²) < 4.78 is 21.1. The van der Waals surface area contributed by atoms with Crippen LogP contribution in [0.5, 0.6) is 0 Å². The summed E-state index contributed by atoms with van der Waals surface area (Å²) in [5.41, 5.74) is 1.58. The zero-order valence-corrected chi connectivity index (χ0v) is 24.8. The van der Waals surface area contributed by atoms with E-state index in [1.165, 1.54) is 0 Å². The van der Waals surface area contributed by atoms with Crippen molar-refractivity contribution in [3.63, 3.8) is 0 Å². The van der Waals surface area contributed by atoms with Gasteiger partial charge < -0.3 is 24.1 Å². The third kappa shape index (κ3) is 11.1. The van der Waals surface area contributed by atoms with E-state index in [0.717, 1.165) is 29.5 Å². The molecule has 0 spiro atoms. The Kier molecular flexibility index (Phi) is 14.4. The number of esters is 1. The Bertz CT molecular complexity index is 1260. The summed E-state index contributed by atoms with van der Waals surface area (Å²) in [6.45, 7) is 2.21. The van der Waals surface area contributed by atoms with Gasteiger partial charge in [-0.15, -0.1) is 0 Å². The summed E-state index contributed by atoms with van der Waals surface area (Å²) >= 11 is 0. The molecular weight excluding hydrogens is 570 g/mol. The molecule has 236 valence electrons. The first-order valence-corrected chi connectivity index (χ1v) is 14.6. The quantitative estimate of drug-likeness (QED) is 0.143. The fourth-order valence-electron chi connectivity index (χ4n) is 4.74. The molecular formula is C33H39NO10. The van der Waals surface area contributed by atoms with Crippen molar-refractivity contribution in [1.82, 2.24) is 4.90 Å². The number of aliphatic hydroxyl groups is 1. The van der Waals surface area contributed by atoms with Gasteiger partial charge in [0.2, 0.25) is 5.91 Å². The Labute approximate surface area is 256 Å². The number of imide groups is 1. The number of allylic oxidation sites excluding steroid dienone is 1. The van der Waals surface area contributed by atoms with E-state index in [-0.39, 0.29) is 38.4 Å². The van der Waals surface area contributed by atoms with E-state index in [4.69, 9.17) is 24.1 Å². The van der Waals surface area contributed by atoms with Crippen LogP contribution in [0.25, 0.3) is 0 Å². The van der Waals surface area contributed by atoms with Crippen LogP contribution in [0, 0.1) is 5.92 Å². The van der Waals surface area contributed by atoms with Crippen LogP contribution in [0.15, 0.2) is 72.8 Å². The van der Waals surface area contributed by atoms with Crippen LogP contribution in [-0.4, -0.2) is 91.3 Å². The number of benzene rings is 2. The molecule has 2 aromatic carbocycles. The summed E-state index contributed by atoms with van der Waals surface area (Å²) in [6.07, 6.45) is 0.521. The molecule has 3 atom stereocenters. The predicted octanol–water partition coefficient (Wildman–Crippen LogP) is 2.87. The molecule has 1 fully saturated rings. The van der Waals surface area contributed by atoms with Crippen molar-refractivity contribution in [3.05, 3.63) is 83.9 Å². The van der Waals surface area contributed by atoms with Crippen molar-refractivity contribution >= 4 is 29.5 Å². The third-order valence-electron chi connectivity index (χ3n) is 6.82. The summed E-state index contributed by atoms with van der Waals surface area (Å²) in [5.74, 6) is -3.88. The molecule has 1 N–H and O–H groups in total. The van der Waals surface area contributed by atoms with Crippen LogP contribution >= 0.6 is 0 Å². The SMILES string of the molecule is CC(=O)O[C@H](C(=O)C=CC(=O)CCCOCCOCCO)[C@@H](Cc1ccccc1)C(=O)N1C(=O)OC[C@@H]1Cc1ccccc1. The van der Waals surface area contributed by atoms with E-state index in [0.29, 0.717) is 38.2 Å². The van der Waals surface area contributed by atoms with Crippen LogP contribution < -0.4 is 0 Å². The van der Waals surface area contributed by atoms with E-state index < -0.39 is 41.8 Å². The first kappa shape index (κ1) is 34.3. The van der Waals surface area contributed by atoms with Crippen LogP contribution in [0.4, 0.5) is 4.79 Å². The molecule has 0 bridgehead atoms. The lowest BCUT2D eigenvalue weighted by molar-refractivity contribution is -0.158. The number of nitrogens with zero attached hydrogens (tertiary/aromatic N) is 1. The molecule has 1 saturated heterocycles. The molecule has 11 nitrogen and oxygen atoms in total. The van der Waals surface area contributed by atoms with Gasteiger partial charge in [-0.25, -0.2) is 9.69 Å². The predicted molar refractivity (Wildman–Crippen MR) is 158 cm³/mol. The minimum absolute atomic E-state index is 0.00760. The smallest absolute Gasteiger partial charge is 0.416 e. The molecule has 0 unspecified atom stereocenters. The Balaban J connectivity index is 1.75. The lowest BCUT2D eigenvalue weighted by Gasteiger charge is -2.29. The lowest BCUT2D eigenvalue weighted by atomic mass is 9.89. The maximum Gasteiger partial charge on any atom is 0.416 e. The van der Waals surface area contributed by atoms with Gasteiger partial charge in [0.1, 0.15) is 6.61 Å². The van der Waals surface area contributed by atoms with Gasteiger partial charge >= 0.3 is 12.1 Å². The zero-order valence-electron chi connectivity index (χ0n) is 24.8. The highest BCUT2D eigenvalue weighted by molar-refractivity contribution is 6.04. The monoisotopic (exact) mass is 609 g/mol. The Hall–Kier alpha value is -4.19. The first-order chi connectivity index (χ1) is 21.3. The molecule has 1 aliphatic heterocycles. The van der Waals surface area contributed by atoms with Gasteiger partial charge in [-0.3, -0.25) is 19.2 Å². The first-order valence-electron chi connectivity index (χ1n) is 14.6. The van der Waals surface area contributed by atoms with Crippen LogP contribution in [0.3, 0.4) is 0 Å². The molecule has 11 heteroatoms. The van der Waals surface area contributed by atoms with Crippen LogP contribution in [0.2, 0.25) is 0 Å². The molecule has 0 saturated carbocycles. The number of ether oxygens (including phenoxy) is 4. The Morgan fingerprint density at radius 3 is 2.20 bits per heavy atom. The topological polar surface area (TPSA) is 146 Å². The van der Waals surface area contributed by atoms with E-state index in [9.17, 15) is 24.0 Å². The van der Waals surface area contributed by atoms with Gasteiger partial charge in [0.15, 0.2) is 17.7 Å². The fourth-order valence-corrected chi connectivity index (χ4v) is 4.74. The molecule has 1 heterocycles. The van der Waals surface area contributed by atoms with Crippen molar-refractivity contribution < 1.29 is 48.0 Å². The maximum absolute atomic E-state index is 14.1. The summed E-state index contributed by atoms with van der Waals surface area (Å²) in [6, 6.07) is 17.6. The Morgan fingerprint density at radius 2 is 1.57 bits per heavy atom. The van der Waals surface area contributed by atoms with Gasteiger partial charge in [-0.2, -0.15) is 0 Å². The normalized spacial score (nSPS) is 16.0. The number of cyclic esters (lactones) is 1. The largest absolute Gasteiger partial charge is 0.453 e. The van der Waals surface area contributed by atoms with E-state index in [1.807, 2.05) is 30.3 Å². The van der Waals surface area contributed by atoms with Gasteiger partial charge in [0.05, 0.1) is 38.4 Å². The van der Waals surface area contributed by atoms with Crippen LogP contribution in [0.1, 0.15) is 30.9 Å². The number of aliphatic hydroxyl groups excluding tert-OH is 1.